The number of hydrogen-bond acceptors (Lipinski definition) is 2. The first-order valence-electron chi connectivity index (χ1n) is 6.75. The second-order valence-corrected chi connectivity index (χ2v) is 7.76. The molecular weight excluding hydrogens is 258 g/mol. The summed E-state index contributed by atoms with van der Waals surface area (Å²) in [4.78, 5) is 0. The van der Waals surface area contributed by atoms with E-state index in [1.807, 2.05) is 58.0 Å². The fourth-order valence-electron chi connectivity index (χ4n) is 1.68. The largest absolute Gasteiger partial charge is 0.393 e. The summed E-state index contributed by atoms with van der Waals surface area (Å²) in [6, 6.07) is 9.79. The van der Waals surface area contributed by atoms with Crippen molar-refractivity contribution in [1.29, 1.82) is 0 Å². The van der Waals surface area contributed by atoms with E-state index in [4.69, 9.17) is 0 Å². The van der Waals surface area contributed by atoms with Gasteiger partial charge in [0, 0.05) is 6.04 Å². The van der Waals surface area contributed by atoms with Crippen molar-refractivity contribution in [2.45, 2.75) is 57.4 Å². The predicted octanol–water partition coefficient (Wildman–Crippen LogP) is 2.94. The first-order chi connectivity index (χ1) is 8.84. The molecule has 1 aromatic carbocycles. The predicted molar refractivity (Wildman–Crippen MR) is 81.1 cm³/mol. The number of aliphatic hydroxyl groups is 1. The van der Waals surface area contributed by atoms with Crippen LogP contribution in [0.2, 0.25) is 0 Å². The van der Waals surface area contributed by atoms with Crippen molar-refractivity contribution in [3.05, 3.63) is 35.9 Å². The summed E-state index contributed by atoms with van der Waals surface area (Å²) >= 11 is 0. The van der Waals surface area contributed by atoms with Gasteiger partial charge in [-0.3, -0.25) is 0 Å². The maximum atomic E-state index is 12.2. The Bertz CT molecular complexity index is 400. The zero-order chi connectivity index (χ0) is 14.5. The van der Waals surface area contributed by atoms with E-state index in [-0.39, 0.29) is 16.9 Å². The lowest BCUT2D eigenvalue weighted by atomic mass is 10.0. The Kier molecular flexibility index (Phi) is 6.17. The minimum Gasteiger partial charge on any atom is -0.393 e. The van der Waals surface area contributed by atoms with Gasteiger partial charge in [0.15, 0.2) is 0 Å². The van der Waals surface area contributed by atoms with Gasteiger partial charge >= 0.3 is 0 Å². The third kappa shape index (κ3) is 5.43. The van der Waals surface area contributed by atoms with Crippen molar-refractivity contribution >= 4 is 11.0 Å². The summed E-state index contributed by atoms with van der Waals surface area (Å²) in [5.41, 5.74) is 1.06. The van der Waals surface area contributed by atoms with Gasteiger partial charge in [0.2, 0.25) is 0 Å². The second kappa shape index (κ2) is 7.17. The van der Waals surface area contributed by atoms with Crippen LogP contribution >= 0.6 is 0 Å². The van der Waals surface area contributed by atoms with Gasteiger partial charge in [-0.25, -0.2) is 8.93 Å². The van der Waals surface area contributed by atoms with Gasteiger partial charge in [0.25, 0.3) is 0 Å². The molecule has 0 aromatic heterocycles. The Morgan fingerprint density at radius 1 is 1.26 bits per heavy atom. The van der Waals surface area contributed by atoms with Gasteiger partial charge in [-0.2, -0.15) is 0 Å². The third-order valence-corrected chi connectivity index (χ3v) is 4.60. The van der Waals surface area contributed by atoms with Gasteiger partial charge < -0.3 is 5.11 Å². The van der Waals surface area contributed by atoms with E-state index in [0.29, 0.717) is 12.8 Å². The van der Waals surface area contributed by atoms with Gasteiger partial charge in [-0.15, -0.1) is 0 Å². The molecule has 0 aliphatic rings. The lowest BCUT2D eigenvalue weighted by Crippen LogP contribution is -2.37. The first-order valence-corrected chi connectivity index (χ1v) is 7.90. The number of nitrogens with one attached hydrogen (secondary N) is 1. The Morgan fingerprint density at radius 3 is 2.32 bits per heavy atom. The van der Waals surface area contributed by atoms with Crippen LogP contribution in [-0.4, -0.2) is 20.2 Å². The fourth-order valence-corrected chi connectivity index (χ4v) is 2.53. The van der Waals surface area contributed by atoms with E-state index in [1.165, 1.54) is 0 Å². The lowest BCUT2D eigenvalue weighted by Gasteiger charge is -2.26. The van der Waals surface area contributed by atoms with Crippen molar-refractivity contribution in [3.63, 3.8) is 0 Å². The van der Waals surface area contributed by atoms with E-state index in [1.54, 1.807) is 0 Å². The highest BCUT2D eigenvalue weighted by Gasteiger charge is 2.24. The molecular formula is C15H25NO2S. The van der Waals surface area contributed by atoms with Crippen LogP contribution in [0, 0.1) is 0 Å². The molecule has 0 amide bonds. The van der Waals surface area contributed by atoms with Crippen LogP contribution in [0.15, 0.2) is 30.3 Å². The smallest absolute Gasteiger partial charge is 0.0975 e. The first kappa shape index (κ1) is 16.3. The van der Waals surface area contributed by atoms with E-state index < -0.39 is 11.0 Å². The SMILES string of the molecule is CC[C@@H](O)C[C@@H](N[S@](=O)C(C)(C)C)c1ccccc1. The summed E-state index contributed by atoms with van der Waals surface area (Å²) in [5, 5.41) is 9.87. The van der Waals surface area contributed by atoms with E-state index >= 15 is 0 Å². The van der Waals surface area contributed by atoms with Crippen LogP contribution in [0.4, 0.5) is 0 Å². The fraction of sp³-hybridized carbons (Fsp3) is 0.600. The van der Waals surface area contributed by atoms with Crippen molar-refractivity contribution in [3.8, 4) is 0 Å². The van der Waals surface area contributed by atoms with Crippen LogP contribution in [-0.2, 0) is 11.0 Å². The monoisotopic (exact) mass is 283 g/mol. The Balaban J connectivity index is 2.85. The molecule has 0 fully saturated rings. The minimum absolute atomic E-state index is 0.0868. The highest BCUT2D eigenvalue weighted by molar-refractivity contribution is 7.84. The quantitative estimate of drug-likeness (QED) is 0.843. The summed E-state index contributed by atoms with van der Waals surface area (Å²) in [6.45, 7) is 7.77. The standard InChI is InChI=1S/C15H25NO2S/c1-5-13(17)11-14(12-9-7-6-8-10-12)16-19(18)15(2,3)4/h6-10,13-14,16-17H,5,11H2,1-4H3/t13-,14-,19-/m1/s1. The summed E-state index contributed by atoms with van der Waals surface area (Å²) < 4.78 is 15.1. The molecule has 0 spiro atoms. The molecule has 0 unspecified atom stereocenters. The molecule has 0 aliphatic heterocycles. The minimum atomic E-state index is -1.15. The number of aliphatic hydroxyl groups excluding tert-OH is 1. The average Bonchev–Trinajstić information content (AvgIpc) is 2.37. The molecule has 0 saturated carbocycles. The van der Waals surface area contributed by atoms with Crippen LogP contribution in [0.5, 0.6) is 0 Å². The lowest BCUT2D eigenvalue weighted by molar-refractivity contribution is 0.149. The molecule has 0 radical (unpaired) electrons. The molecule has 3 atom stereocenters. The van der Waals surface area contributed by atoms with Gasteiger partial charge in [-0.05, 0) is 39.2 Å². The molecule has 0 bridgehead atoms. The van der Waals surface area contributed by atoms with Crippen LogP contribution < -0.4 is 4.72 Å². The maximum Gasteiger partial charge on any atom is 0.0975 e. The molecule has 19 heavy (non-hydrogen) atoms. The number of hydrogen-bond donors (Lipinski definition) is 2. The normalized spacial score (nSPS) is 16.9. The maximum absolute atomic E-state index is 12.2. The van der Waals surface area contributed by atoms with Gasteiger partial charge in [0.1, 0.15) is 0 Å². The van der Waals surface area contributed by atoms with E-state index in [2.05, 4.69) is 4.72 Å². The summed E-state index contributed by atoms with van der Waals surface area (Å²) in [7, 11) is -1.15. The highest BCUT2D eigenvalue weighted by atomic mass is 32.2. The molecule has 0 aliphatic carbocycles. The van der Waals surface area contributed by atoms with E-state index in [0.717, 1.165) is 5.56 Å². The molecule has 3 nitrogen and oxygen atoms in total. The van der Waals surface area contributed by atoms with Crippen molar-refractivity contribution < 1.29 is 9.32 Å². The zero-order valence-electron chi connectivity index (χ0n) is 12.2. The molecule has 0 saturated heterocycles. The second-order valence-electron chi connectivity index (χ2n) is 5.76. The van der Waals surface area contributed by atoms with Crippen molar-refractivity contribution in [2.24, 2.45) is 0 Å². The van der Waals surface area contributed by atoms with Crippen LogP contribution in [0.25, 0.3) is 0 Å². The van der Waals surface area contributed by atoms with Crippen LogP contribution in [0.3, 0.4) is 0 Å². The molecule has 1 aromatic rings. The average molecular weight is 283 g/mol. The van der Waals surface area contributed by atoms with Crippen molar-refractivity contribution in [2.75, 3.05) is 0 Å². The van der Waals surface area contributed by atoms with Crippen molar-refractivity contribution in [1.82, 2.24) is 4.72 Å². The Labute approximate surface area is 119 Å². The summed E-state index contributed by atoms with van der Waals surface area (Å²) in [5.74, 6) is 0. The van der Waals surface area contributed by atoms with Gasteiger partial charge in [-0.1, -0.05) is 37.3 Å². The highest BCUT2D eigenvalue weighted by Crippen LogP contribution is 2.22. The zero-order valence-corrected chi connectivity index (χ0v) is 13.0. The number of benzene rings is 1. The van der Waals surface area contributed by atoms with Gasteiger partial charge in [0.05, 0.1) is 21.8 Å². The molecule has 0 heterocycles. The Morgan fingerprint density at radius 2 is 1.84 bits per heavy atom. The summed E-state index contributed by atoms with van der Waals surface area (Å²) in [6.07, 6.45) is 0.893. The topological polar surface area (TPSA) is 49.3 Å². The van der Waals surface area contributed by atoms with E-state index in [9.17, 15) is 9.32 Å². The molecule has 2 N–H and O–H groups in total. The molecule has 1 rings (SSSR count). The number of rotatable bonds is 6. The van der Waals surface area contributed by atoms with Crippen LogP contribution in [0.1, 0.15) is 52.1 Å². The molecule has 108 valence electrons. The third-order valence-electron chi connectivity index (χ3n) is 2.99. The molecule has 4 heteroatoms. The Hall–Kier alpha value is -0.710.